The lowest BCUT2D eigenvalue weighted by Crippen LogP contribution is -2.03. The van der Waals surface area contributed by atoms with Crippen LogP contribution in [0.15, 0.2) is 79.0 Å². The van der Waals surface area contributed by atoms with Gasteiger partial charge in [-0.1, -0.05) is 66.3 Å². The molecule has 0 saturated heterocycles. The number of aromatic nitrogens is 1. The van der Waals surface area contributed by atoms with Gasteiger partial charge in [0.05, 0.1) is 27.3 Å². The molecule has 1 aromatic heterocycles. The molecule has 132 valence electrons. The second kappa shape index (κ2) is 7.47. The van der Waals surface area contributed by atoms with Crippen molar-refractivity contribution in [2.24, 2.45) is 0 Å². The average molecular weight is 389 g/mol. The molecule has 0 radical (unpaired) electrons. The third-order valence-corrected chi connectivity index (χ3v) is 5.24. The van der Waals surface area contributed by atoms with Gasteiger partial charge in [-0.3, -0.25) is 4.98 Å². The number of halogens is 1. The summed E-state index contributed by atoms with van der Waals surface area (Å²) in [6.07, 6.45) is 1.82. The molecule has 0 unspecified atom stereocenters. The number of nitrogens with zero attached hydrogens (tertiary/aromatic N) is 1. The van der Waals surface area contributed by atoms with E-state index in [2.05, 4.69) is 29.4 Å². The first-order valence-corrected chi connectivity index (χ1v) is 9.42. The van der Waals surface area contributed by atoms with Crippen molar-refractivity contribution in [3.05, 3.63) is 101 Å². The quantitative estimate of drug-likeness (QED) is 0.310. The average Bonchev–Trinajstić information content (AvgIpc) is 2.68. The van der Waals surface area contributed by atoms with Gasteiger partial charge in [-0.25, -0.2) is 0 Å². The Balaban J connectivity index is 1.61. The molecule has 0 bridgehead atoms. The normalized spacial score (nSPS) is 10.7. The van der Waals surface area contributed by atoms with Crippen molar-refractivity contribution in [2.45, 2.75) is 6.92 Å². The van der Waals surface area contributed by atoms with Gasteiger partial charge in [0.2, 0.25) is 0 Å². The Hall–Kier alpha value is -2.75. The molecule has 0 saturated carbocycles. The summed E-state index contributed by atoms with van der Waals surface area (Å²) in [6, 6.07) is 24.0. The van der Waals surface area contributed by atoms with E-state index >= 15 is 0 Å². The van der Waals surface area contributed by atoms with Gasteiger partial charge in [-0.15, -0.1) is 0 Å². The lowest BCUT2D eigenvalue weighted by molar-refractivity contribution is 1.39. The molecule has 0 aliphatic rings. The van der Waals surface area contributed by atoms with Crippen LogP contribution in [-0.2, 0) is 0 Å². The fourth-order valence-corrected chi connectivity index (χ4v) is 3.79. The highest BCUT2D eigenvalue weighted by molar-refractivity contribution is 7.81. The minimum atomic E-state index is 0.627. The second-order valence-corrected chi connectivity index (χ2v) is 7.20. The number of pyridine rings is 1. The van der Waals surface area contributed by atoms with Gasteiger partial charge in [0, 0.05) is 16.6 Å². The van der Waals surface area contributed by atoms with Crippen molar-refractivity contribution in [3.63, 3.8) is 0 Å². The highest BCUT2D eigenvalue weighted by Crippen LogP contribution is 2.27. The highest BCUT2D eigenvalue weighted by Gasteiger charge is 2.11. The maximum Gasteiger partial charge on any atom is 0.0703 e. The summed E-state index contributed by atoms with van der Waals surface area (Å²) in [5.41, 5.74) is 5.83. The third-order valence-electron chi connectivity index (χ3n) is 4.48. The van der Waals surface area contributed by atoms with Gasteiger partial charge >= 0.3 is 0 Å². The van der Waals surface area contributed by atoms with E-state index in [1.807, 2.05) is 66.9 Å². The molecular weight excluding hydrogens is 372 g/mol. The molecule has 0 amide bonds. The zero-order chi connectivity index (χ0) is 18.8. The number of nitrogens with one attached hydrogen (secondary N) is 1. The standard InChI is InChI=1S/C23H17ClN2S/c1-15-6-2-4-8-19(15)23(27)20-11-10-17(13-21(20)24)26-18-12-16-7-3-5-9-22(16)25-14-18/h2-14,26H,1H3. The fourth-order valence-electron chi connectivity index (χ4n) is 3.06. The van der Waals surface area contributed by atoms with E-state index in [0.717, 1.165) is 43.8 Å². The molecule has 3 aromatic carbocycles. The molecule has 4 aromatic rings. The van der Waals surface area contributed by atoms with Gasteiger partial charge < -0.3 is 5.32 Å². The van der Waals surface area contributed by atoms with Crippen LogP contribution >= 0.6 is 23.8 Å². The molecule has 0 spiro atoms. The predicted molar refractivity (Wildman–Crippen MR) is 118 cm³/mol. The molecular formula is C23H17ClN2S. The van der Waals surface area contributed by atoms with Crippen LogP contribution in [0.1, 0.15) is 16.7 Å². The van der Waals surface area contributed by atoms with Crippen LogP contribution in [0.4, 0.5) is 11.4 Å². The van der Waals surface area contributed by atoms with E-state index in [0.29, 0.717) is 5.02 Å². The largest absolute Gasteiger partial charge is 0.354 e. The van der Waals surface area contributed by atoms with Crippen LogP contribution in [0.2, 0.25) is 5.02 Å². The van der Waals surface area contributed by atoms with Gasteiger partial charge in [0.25, 0.3) is 0 Å². The summed E-state index contributed by atoms with van der Waals surface area (Å²) in [7, 11) is 0. The molecule has 1 heterocycles. The van der Waals surface area contributed by atoms with E-state index < -0.39 is 0 Å². The van der Waals surface area contributed by atoms with Crippen LogP contribution in [0.5, 0.6) is 0 Å². The van der Waals surface area contributed by atoms with Crippen LogP contribution in [0.3, 0.4) is 0 Å². The molecule has 4 heteroatoms. The Morgan fingerprint density at radius 3 is 2.48 bits per heavy atom. The zero-order valence-corrected chi connectivity index (χ0v) is 16.3. The lowest BCUT2D eigenvalue weighted by atomic mass is 10.00. The molecule has 0 fully saturated rings. The van der Waals surface area contributed by atoms with E-state index in [-0.39, 0.29) is 0 Å². The topological polar surface area (TPSA) is 24.9 Å². The van der Waals surface area contributed by atoms with E-state index in [1.165, 1.54) is 0 Å². The van der Waals surface area contributed by atoms with Crippen LogP contribution in [0.25, 0.3) is 10.9 Å². The van der Waals surface area contributed by atoms with Crippen molar-refractivity contribution in [2.75, 3.05) is 5.32 Å². The SMILES string of the molecule is Cc1ccccc1C(=S)c1ccc(Nc2cnc3ccccc3c2)cc1Cl. The Kier molecular flexibility index (Phi) is 4.88. The Labute approximate surface area is 168 Å². The molecule has 0 aliphatic heterocycles. The maximum absolute atomic E-state index is 6.54. The number of hydrogen-bond acceptors (Lipinski definition) is 3. The number of thiocarbonyl (C=S) groups is 1. The summed E-state index contributed by atoms with van der Waals surface area (Å²) < 4.78 is 0. The highest BCUT2D eigenvalue weighted by atomic mass is 35.5. The van der Waals surface area contributed by atoms with Gasteiger partial charge in [-0.2, -0.15) is 0 Å². The molecule has 0 aliphatic carbocycles. The maximum atomic E-state index is 6.54. The number of para-hydroxylation sites is 1. The van der Waals surface area contributed by atoms with Crippen LogP contribution < -0.4 is 5.32 Å². The predicted octanol–water partition coefficient (Wildman–Crippen LogP) is 6.71. The first-order valence-electron chi connectivity index (χ1n) is 8.63. The van der Waals surface area contributed by atoms with E-state index in [1.54, 1.807) is 0 Å². The lowest BCUT2D eigenvalue weighted by Gasteiger charge is -2.12. The Morgan fingerprint density at radius 2 is 1.67 bits per heavy atom. The minimum absolute atomic E-state index is 0.627. The number of aryl methyl sites for hydroxylation is 1. The van der Waals surface area contributed by atoms with Crippen molar-refractivity contribution in [1.82, 2.24) is 4.98 Å². The summed E-state index contributed by atoms with van der Waals surface area (Å²) in [6.45, 7) is 2.05. The number of benzene rings is 3. The minimum Gasteiger partial charge on any atom is -0.354 e. The molecule has 1 N–H and O–H groups in total. The molecule has 27 heavy (non-hydrogen) atoms. The van der Waals surface area contributed by atoms with Crippen molar-refractivity contribution >= 4 is 51.0 Å². The number of fused-ring (bicyclic) bond motifs is 1. The number of rotatable bonds is 4. The van der Waals surface area contributed by atoms with Gasteiger partial charge in [0.15, 0.2) is 0 Å². The molecule has 0 atom stereocenters. The number of hydrogen-bond donors (Lipinski definition) is 1. The van der Waals surface area contributed by atoms with Crippen LogP contribution in [-0.4, -0.2) is 9.85 Å². The van der Waals surface area contributed by atoms with E-state index in [9.17, 15) is 0 Å². The summed E-state index contributed by atoms with van der Waals surface area (Å²) >= 11 is 12.2. The van der Waals surface area contributed by atoms with Crippen molar-refractivity contribution in [3.8, 4) is 0 Å². The molecule has 4 rings (SSSR count). The first-order chi connectivity index (χ1) is 13.1. The summed E-state index contributed by atoms with van der Waals surface area (Å²) in [5, 5.41) is 5.08. The van der Waals surface area contributed by atoms with Crippen LogP contribution in [0, 0.1) is 6.92 Å². The zero-order valence-electron chi connectivity index (χ0n) is 14.7. The van der Waals surface area contributed by atoms with Gasteiger partial charge in [0.1, 0.15) is 0 Å². The summed E-state index contributed by atoms with van der Waals surface area (Å²) in [5.74, 6) is 0. The van der Waals surface area contributed by atoms with Crippen molar-refractivity contribution < 1.29 is 0 Å². The monoisotopic (exact) mass is 388 g/mol. The first kappa shape index (κ1) is 17.7. The summed E-state index contributed by atoms with van der Waals surface area (Å²) in [4.78, 5) is 5.24. The van der Waals surface area contributed by atoms with E-state index in [4.69, 9.17) is 23.8 Å². The second-order valence-electron chi connectivity index (χ2n) is 6.38. The number of anilines is 2. The fraction of sp³-hybridized carbons (Fsp3) is 0.0435. The Morgan fingerprint density at radius 1 is 0.889 bits per heavy atom. The third kappa shape index (κ3) is 3.70. The molecule has 2 nitrogen and oxygen atoms in total. The Bertz CT molecular complexity index is 1150. The smallest absolute Gasteiger partial charge is 0.0703 e. The van der Waals surface area contributed by atoms with Gasteiger partial charge in [-0.05, 0) is 48.4 Å². The van der Waals surface area contributed by atoms with Crippen molar-refractivity contribution in [1.29, 1.82) is 0 Å².